The SMILES string of the molecule is CCNC(=O)C1COCCN1C(=O)C(C)=C(C)C(=O)O. The van der Waals surface area contributed by atoms with Crippen LogP contribution >= 0.6 is 0 Å². The fourth-order valence-corrected chi connectivity index (χ4v) is 1.89. The van der Waals surface area contributed by atoms with Gasteiger partial charge < -0.3 is 20.1 Å². The van der Waals surface area contributed by atoms with Crippen LogP contribution in [0.4, 0.5) is 0 Å². The normalized spacial score (nSPS) is 20.1. The highest BCUT2D eigenvalue weighted by molar-refractivity contribution is 6.03. The summed E-state index contributed by atoms with van der Waals surface area (Å²) in [4.78, 5) is 36.5. The average Bonchev–Trinajstić information content (AvgIpc) is 2.45. The molecule has 1 fully saturated rings. The molecule has 1 heterocycles. The molecule has 112 valence electrons. The van der Waals surface area contributed by atoms with E-state index >= 15 is 0 Å². The Labute approximate surface area is 117 Å². The first-order valence-electron chi connectivity index (χ1n) is 6.47. The molecule has 0 bridgehead atoms. The van der Waals surface area contributed by atoms with Crippen molar-refractivity contribution >= 4 is 17.8 Å². The number of ether oxygens (including phenoxy) is 1. The van der Waals surface area contributed by atoms with Crippen molar-refractivity contribution in [3.05, 3.63) is 11.1 Å². The summed E-state index contributed by atoms with van der Waals surface area (Å²) in [5.41, 5.74) is 0.116. The van der Waals surface area contributed by atoms with E-state index in [2.05, 4.69) is 5.32 Å². The van der Waals surface area contributed by atoms with E-state index in [-0.39, 0.29) is 30.2 Å². The van der Waals surface area contributed by atoms with Gasteiger partial charge in [-0.1, -0.05) is 0 Å². The third kappa shape index (κ3) is 3.57. The fraction of sp³-hybridized carbons (Fsp3) is 0.615. The maximum Gasteiger partial charge on any atom is 0.331 e. The molecule has 20 heavy (non-hydrogen) atoms. The van der Waals surface area contributed by atoms with E-state index in [0.29, 0.717) is 13.2 Å². The van der Waals surface area contributed by atoms with Gasteiger partial charge in [0.2, 0.25) is 5.91 Å². The first-order chi connectivity index (χ1) is 9.40. The van der Waals surface area contributed by atoms with Crippen molar-refractivity contribution in [2.24, 2.45) is 0 Å². The van der Waals surface area contributed by atoms with Crippen molar-refractivity contribution in [3.8, 4) is 0 Å². The van der Waals surface area contributed by atoms with Gasteiger partial charge >= 0.3 is 5.97 Å². The smallest absolute Gasteiger partial charge is 0.331 e. The summed E-state index contributed by atoms with van der Waals surface area (Å²) < 4.78 is 5.23. The van der Waals surface area contributed by atoms with Gasteiger partial charge in [0.1, 0.15) is 6.04 Å². The number of carbonyl (C=O) groups is 3. The number of aliphatic carboxylic acids is 1. The van der Waals surface area contributed by atoms with Crippen LogP contribution < -0.4 is 5.32 Å². The first-order valence-corrected chi connectivity index (χ1v) is 6.47. The second-order valence-corrected chi connectivity index (χ2v) is 4.54. The molecule has 0 aromatic carbocycles. The molecular weight excluding hydrogens is 264 g/mol. The molecule has 0 aromatic rings. The predicted octanol–water partition coefficient (Wildman–Crippen LogP) is -0.229. The van der Waals surface area contributed by atoms with Crippen LogP contribution in [0.15, 0.2) is 11.1 Å². The highest BCUT2D eigenvalue weighted by Gasteiger charge is 2.33. The van der Waals surface area contributed by atoms with Crippen molar-refractivity contribution in [1.82, 2.24) is 10.2 Å². The molecule has 2 amide bonds. The summed E-state index contributed by atoms with van der Waals surface area (Å²) in [6.07, 6.45) is 0. The number of carboxylic acid groups (broad SMARTS) is 1. The van der Waals surface area contributed by atoms with Crippen molar-refractivity contribution < 1.29 is 24.2 Å². The summed E-state index contributed by atoms with van der Waals surface area (Å²) >= 11 is 0. The molecular formula is C13H20N2O5. The van der Waals surface area contributed by atoms with Crippen LogP contribution in [0.1, 0.15) is 20.8 Å². The van der Waals surface area contributed by atoms with Crippen LogP contribution in [0.2, 0.25) is 0 Å². The maximum atomic E-state index is 12.3. The number of carboxylic acids is 1. The van der Waals surface area contributed by atoms with E-state index in [1.54, 1.807) is 6.92 Å². The second-order valence-electron chi connectivity index (χ2n) is 4.54. The summed E-state index contributed by atoms with van der Waals surface area (Å²) in [6, 6.07) is -0.715. The lowest BCUT2D eigenvalue weighted by molar-refractivity contribution is -0.145. The zero-order chi connectivity index (χ0) is 15.3. The number of amides is 2. The Morgan fingerprint density at radius 3 is 2.50 bits per heavy atom. The Morgan fingerprint density at radius 1 is 1.30 bits per heavy atom. The summed E-state index contributed by atoms with van der Waals surface area (Å²) in [7, 11) is 0. The first kappa shape index (κ1) is 16.2. The molecule has 1 rings (SSSR count). The van der Waals surface area contributed by atoms with E-state index in [1.165, 1.54) is 18.7 Å². The van der Waals surface area contributed by atoms with E-state index < -0.39 is 17.9 Å². The fourth-order valence-electron chi connectivity index (χ4n) is 1.89. The van der Waals surface area contributed by atoms with Crippen molar-refractivity contribution in [2.75, 3.05) is 26.3 Å². The molecule has 7 heteroatoms. The molecule has 7 nitrogen and oxygen atoms in total. The Bertz CT molecular complexity index is 444. The molecule has 1 aliphatic heterocycles. The van der Waals surface area contributed by atoms with Crippen LogP contribution in [0, 0.1) is 0 Å². The molecule has 1 aliphatic rings. The lowest BCUT2D eigenvalue weighted by Crippen LogP contribution is -2.56. The molecule has 0 aromatic heterocycles. The largest absolute Gasteiger partial charge is 0.478 e. The van der Waals surface area contributed by atoms with E-state index in [4.69, 9.17) is 9.84 Å². The standard InChI is InChI=1S/C13H20N2O5/c1-4-14-11(16)10-7-20-6-5-15(10)12(17)8(2)9(3)13(18)19/h10H,4-7H2,1-3H3,(H,14,16)(H,18,19). The van der Waals surface area contributed by atoms with Gasteiger partial charge in [-0.3, -0.25) is 9.59 Å². The minimum Gasteiger partial charge on any atom is -0.478 e. The Morgan fingerprint density at radius 2 is 1.95 bits per heavy atom. The summed E-state index contributed by atoms with van der Waals surface area (Å²) in [5.74, 6) is -1.87. The van der Waals surface area contributed by atoms with Gasteiger partial charge in [0.05, 0.1) is 13.2 Å². The number of nitrogens with zero attached hydrogens (tertiary/aromatic N) is 1. The molecule has 0 radical (unpaired) electrons. The number of morpholine rings is 1. The van der Waals surface area contributed by atoms with Crippen LogP contribution in [0.5, 0.6) is 0 Å². The van der Waals surface area contributed by atoms with Crippen LogP contribution in [-0.2, 0) is 19.1 Å². The quantitative estimate of drug-likeness (QED) is 0.695. The van der Waals surface area contributed by atoms with Gasteiger partial charge in [-0.15, -0.1) is 0 Å². The molecule has 0 aliphatic carbocycles. The second kappa shape index (κ2) is 7.04. The number of carbonyl (C=O) groups excluding carboxylic acids is 2. The molecule has 0 saturated carbocycles. The van der Waals surface area contributed by atoms with Crippen molar-refractivity contribution in [2.45, 2.75) is 26.8 Å². The monoisotopic (exact) mass is 284 g/mol. The zero-order valence-electron chi connectivity index (χ0n) is 11.9. The predicted molar refractivity (Wildman–Crippen MR) is 71.0 cm³/mol. The van der Waals surface area contributed by atoms with Gasteiger partial charge in [0, 0.05) is 24.2 Å². The summed E-state index contributed by atoms with van der Waals surface area (Å²) in [6.45, 7) is 5.80. The third-order valence-corrected chi connectivity index (χ3v) is 3.25. The number of hydrogen-bond donors (Lipinski definition) is 2. The summed E-state index contributed by atoms with van der Waals surface area (Å²) in [5, 5.41) is 11.6. The van der Waals surface area contributed by atoms with Gasteiger partial charge in [0.15, 0.2) is 0 Å². The number of hydrogen-bond acceptors (Lipinski definition) is 4. The Kier molecular flexibility index (Phi) is 5.69. The van der Waals surface area contributed by atoms with Crippen LogP contribution in [-0.4, -0.2) is 60.1 Å². The van der Waals surface area contributed by atoms with Gasteiger partial charge in [-0.25, -0.2) is 4.79 Å². The van der Waals surface area contributed by atoms with E-state index in [1.807, 2.05) is 0 Å². The van der Waals surface area contributed by atoms with Gasteiger partial charge in [0.25, 0.3) is 5.91 Å². The average molecular weight is 284 g/mol. The van der Waals surface area contributed by atoms with Gasteiger partial charge in [-0.05, 0) is 20.8 Å². The van der Waals surface area contributed by atoms with Gasteiger partial charge in [-0.2, -0.15) is 0 Å². The van der Waals surface area contributed by atoms with Crippen LogP contribution in [0.3, 0.4) is 0 Å². The Hall–Kier alpha value is -1.89. The molecule has 1 atom stereocenters. The number of likely N-dealkylation sites (N-methyl/N-ethyl adjacent to an activating group) is 1. The molecule has 2 N–H and O–H groups in total. The van der Waals surface area contributed by atoms with E-state index in [9.17, 15) is 14.4 Å². The number of rotatable bonds is 4. The topological polar surface area (TPSA) is 95.9 Å². The minimum absolute atomic E-state index is 0.0175. The zero-order valence-corrected chi connectivity index (χ0v) is 11.9. The molecule has 0 spiro atoms. The highest BCUT2D eigenvalue weighted by atomic mass is 16.5. The molecule has 1 unspecified atom stereocenters. The van der Waals surface area contributed by atoms with Crippen molar-refractivity contribution in [1.29, 1.82) is 0 Å². The number of nitrogens with one attached hydrogen (secondary N) is 1. The lowest BCUT2D eigenvalue weighted by Gasteiger charge is -2.34. The minimum atomic E-state index is -1.14. The van der Waals surface area contributed by atoms with Crippen LogP contribution in [0.25, 0.3) is 0 Å². The molecule has 1 saturated heterocycles. The lowest BCUT2D eigenvalue weighted by atomic mass is 10.1. The van der Waals surface area contributed by atoms with Crippen molar-refractivity contribution in [3.63, 3.8) is 0 Å². The highest BCUT2D eigenvalue weighted by Crippen LogP contribution is 2.14. The third-order valence-electron chi connectivity index (χ3n) is 3.25. The maximum absolute atomic E-state index is 12.3. The Balaban J connectivity index is 2.96. The van der Waals surface area contributed by atoms with E-state index in [0.717, 1.165) is 0 Å².